The van der Waals surface area contributed by atoms with E-state index in [9.17, 15) is 0 Å². The first-order chi connectivity index (χ1) is 32.4. The molecule has 0 aliphatic heterocycles. The molecule has 2 bridgehead atoms. The Bertz CT molecular complexity index is 3040. The van der Waals surface area contributed by atoms with Crippen molar-refractivity contribution in [2.75, 3.05) is 16.9 Å². The topological polar surface area (TPSA) is 28.9 Å². The molecule has 340 valence electrons. The van der Waals surface area contributed by atoms with E-state index in [0.717, 1.165) is 117 Å². The summed E-state index contributed by atoms with van der Waals surface area (Å²) in [6.45, 7) is 28.4. The third kappa shape index (κ3) is 10.0. The molecule has 1 heterocycles. The van der Waals surface area contributed by atoms with Crippen molar-refractivity contribution in [3.63, 3.8) is 0 Å². The third-order valence-electron chi connectivity index (χ3n) is 12.7. The summed E-state index contributed by atoms with van der Waals surface area (Å²) in [6, 6.07) is 23.2. The number of nitrogens with zero attached hydrogens (tertiary/aromatic N) is 2. The van der Waals surface area contributed by atoms with Crippen molar-refractivity contribution in [1.82, 2.24) is 0 Å². The zero-order chi connectivity index (χ0) is 47.8. The molecule has 0 saturated heterocycles. The lowest BCUT2D eigenvalue weighted by Gasteiger charge is -2.34. The Morgan fingerprint density at radius 2 is 1.66 bits per heavy atom. The summed E-state index contributed by atoms with van der Waals surface area (Å²) in [5.41, 5.74) is 16.1. The van der Waals surface area contributed by atoms with Gasteiger partial charge in [0, 0.05) is 33.1 Å². The second-order valence-corrected chi connectivity index (χ2v) is 18.1. The fourth-order valence-corrected chi connectivity index (χ4v) is 9.60. The van der Waals surface area contributed by atoms with Crippen LogP contribution in [0.25, 0.3) is 21.9 Å². The molecule has 2 atom stereocenters. The number of anilines is 2. The highest BCUT2D eigenvalue weighted by Gasteiger charge is 2.30. The maximum absolute atomic E-state index is 6.79. The van der Waals surface area contributed by atoms with Crippen LogP contribution in [0.2, 0.25) is 0 Å². The van der Waals surface area contributed by atoms with E-state index in [1.165, 1.54) is 5.57 Å². The Morgan fingerprint density at radius 3 is 2.36 bits per heavy atom. The number of para-hydroxylation sites is 3. The van der Waals surface area contributed by atoms with Crippen LogP contribution < -0.4 is 9.80 Å². The predicted molar refractivity (Wildman–Crippen MR) is 292 cm³/mol. The number of allylic oxidation sites excluding steroid dienone is 22. The summed E-state index contributed by atoms with van der Waals surface area (Å²) in [6.07, 6.45) is 34.7. The number of methoxy groups -OCH3 is 1. The van der Waals surface area contributed by atoms with Crippen LogP contribution in [0, 0.1) is 12.8 Å². The van der Waals surface area contributed by atoms with Crippen LogP contribution >= 0.6 is 21.7 Å². The molecular weight excluding hydrogens is 860 g/mol. The zero-order valence-electron chi connectivity index (χ0n) is 40.1. The molecule has 1 aromatic heterocycles. The monoisotopic (exact) mass is 920 g/mol. The molecule has 0 N–H and O–H groups in total. The highest BCUT2D eigenvalue weighted by Crippen LogP contribution is 2.45. The van der Waals surface area contributed by atoms with Crippen LogP contribution in [0.1, 0.15) is 53.5 Å². The van der Waals surface area contributed by atoms with Crippen molar-refractivity contribution in [2.24, 2.45) is 5.92 Å². The molecule has 7 rings (SSSR count). The molecule has 3 aliphatic rings. The normalized spacial score (nSPS) is 21.8. The molecule has 3 aromatic carbocycles. The van der Waals surface area contributed by atoms with Crippen LogP contribution in [-0.2, 0) is 4.74 Å². The van der Waals surface area contributed by atoms with E-state index in [1.807, 2.05) is 32.1 Å². The van der Waals surface area contributed by atoms with E-state index in [-0.39, 0.29) is 12.0 Å². The van der Waals surface area contributed by atoms with E-state index < -0.39 is 0 Å². The summed E-state index contributed by atoms with van der Waals surface area (Å²) in [7, 11) is 9.58. The van der Waals surface area contributed by atoms with E-state index in [1.54, 1.807) is 7.11 Å². The maximum atomic E-state index is 6.79. The number of ether oxygens (including phenoxy) is 1. The molecule has 4 nitrogen and oxygen atoms in total. The van der Waals surface area contributed by atoms with E-state index >= 15 is 0 Å². The van der Waals surface area contributed by atoms with Crippen molar-refractivity contribution in [1.29, 1.82) is 0 Å². The summed E-state index contributed by atoms with van der Waals surface area (Å²) in [4.78, 5) is 5.40. The maximum Gasteiger partial charge on any atom is 0.159 e. The summed E-state index contributed by atoms with van der Waals surface area (Å²) in [5, 5.41) is 2.20. The van der Waals surface area contributed by atoms with E-state index in [4.69, 9.17) is 26.4 Å². The van der Waals surface area contributed by atoms with Crippen molar-refractivity contribution >= 4 is 55.0 Å². The second kappa shape index (κ2) is 21.8. The van der Waals surface area contributed by atoms with E-state index in [2.05, 4.69) is 203 Å². The predicted octanol–water partition coefficient (Wildman–Crippen LogP) is 17.7. The average molecular weight is 922 g/mol. The fourth-order valence-electron chi connectivity index (χ4n) is 9.08. The van der Waals surface area contributed by atoms with Gasteiger partial charge >= 0.3 is 0 Å². The van der Waals surface area contributed by atoms with Gasteiger partial charge in [-0.15, -0.1) is 0 Å². The first kappa shape index (κ1) is 48.3. The molecule has 6 heteroatoms. The van der Waals surface area contributed by atoms with Gasteiger partial charge < -0.3 is 19.0 Å². The smallest absolute Gasteiger partial charge is 0.159 e. The number of halogens is 1. The minimum absolute atomic E-state index is 0.0426. The largest absolute Gasteiger partial charge is 0.498 e. The lowest BCUT2D eigenvalue weighted by molar-refractivity contribution is 0.262. The standard InChI is InChI=1S/C61H61ClN2O2S/c1-12-15-17-25-44(8)63(57-32-23-30-54-53-29-22-24-42(6)59(53)66-61(54)57)45(9)50-36-34-48-39-55(50)51(46(10)67-62)35-33-41(5)58(38-43(48)7)64(49-26-18-16-19-27-49)56-31-21-20-28-52(60(56)65-11)47(14-3)37-40(4)13-2/h12-38,44,52H,3,5,10,39H2,1-2,4,6-9,11H3/b15-12-,25-17-,35-33-,40-13-,47-37+,48-43-,50-45+,55-51-,58-38+. The van der Waals surface area contributed by atoms with Crippen LogP contribution in [0.3, 0.4) is 0 Å². The lowest BCUT2D eigenvalue weighted by Crippen LogP contribution is -2.31. The van der Waals surface area contributed by atoms with Gasteiger partial charge in [-0.2, -0.15) is 0 Å². The summed E-state index contributed by atoms with van der Waals surface area (Å²) in [5.74, 6) is 0.589. The van der Waals surface area contributed by atoms with Gasteiger partial charge in [0.2, 0.25) is 0 Å². The number of benzene rings is 3. The van der Waals surface area contributed by atoms with Crippen LogP contribution in [0.5, 0.6) is 0 Å². The highest BCUT2D eigenvalue weighted by atomic mass is 35.7. The van der Waals surface area contributed by atoms with Crippen LogP contribution in [-0.4, -0.2) is 13.2 Å². The van der Waals surface area contributed by atoms with Crippen molar-refractivity contribution < 1.29 is 9.15 Å². The molecule has 2 unspecified atom stereocenters. The number of hydrogen-bond donors (Lipinski definition) is 0. The Kier molecular flexibility index (Phi) is 15.7. The van der Waals surface area contributed by atoms with Gasteiger partial charge in [0.1, 0.15) is 11.3 Å². The zero-order valence-corrected chi connectivity index (χ0v) is 41.6. The number of rotatable bonds is 14. The number of hydrogen-bond acceptors (Lipinski definition) is 5. The van der Waals surface area contributed by atoms with Crippen LogP contribution in [0.4, 0.5) is 11.4 Å². The van der Waals surface area contributed by atoms with Gasteiger partial charge in [0.05, 0.1) is 30.1 Å². The molecule has 67 heavy (non-hydrogen) atoms. The molecule has 3 aliphatic carbocycles. The highest BCUT2D eigenvalue weighted by molar-refractivity contribution is 8.24. The molecule has 0 amide bonds. The first-order valence-corrected chi connectivity index (χ1v) is 24.4. The number of aryl methyl sites for hydroxylation is 1. The quantitative estimate of drug-likeness (QED) is 0.118. The molecular formula is C61H61ClN2O2S. The lowest BCUT2D eigenvalue weighted by atomic mass is 9.83. The minimum atomic E-state index is -0.197. The van der Waals surface area contributed by atoms with Gasteiger partial charge in [-0.25, -0.2) is 0 Å². The van der Waals surface area contributed by atoms with Gasteiger partial charge in [-0.05, 0) is 151 Å². The third-order valence-corrected chi connectivity index (χ3v) is 13.6. The van der Waals surface area contributed by atoms with Crippen molar-refractivity contribution in [2.45, 2.75) is 60.9 Å². The van der Waals surface area contributed by atoms with Gasteiger partial charge in [-0.1, -0.05) is 159 Å². The second-order valence-electron chi connectivity index (χ2n) is 17.0. The Balaban J connectivity index is 1.47. The Labute approximate surface area is 407 Å². The number of fused-ring (bicyclic) bond motifs is 5. The van der Waals surface area contributed by atoms with Gasteiger partial charge in [0.15, 0.2) is 5.58 Å². The minimum Gasteiger partial charge on any atom is -0.498 e. The molecule has 4 aromatic rings. The van der Waals surface area contributed by atoms with Gasteiger partial charge in [0.25, 0.3) is 0 Å². The molecule has 0 fully saturated rings. The van der Waals surface area contributed by atoms with Crippen molar-refractivity contribution in [3.8, 4) is 0 Å². The van der Waals surface area contributed by atoms with Crippen molar-refractivity contribution in [3.05, 3.63) is 262 Å². The molecule has 0 spiro atoms. The Morgan fingerprint density at radius 1 is 0.910 bits per heavy atom. The summed E-state index contributed by atoms with van der Waals surface area (Å²) >= 11 is 0. The Hall–Kier alpha value is -6.66. The molecule has 0 radical (unpaired) electrons. The summed E-state index contributed by atoms with van der Waals surface area (Å²) < 4.78 is 13.2. The fraction of sp³-hybridized carbons (Fsp3) is 0.180. The number of furan rings is 1. The molecule has 0 saturated carbocycles. The SMILES string of the molecule is C=C/C(=C\C(C)=C/C)C1C=CC=CC(N(/C2=C/C(C)=C3C=CC(=C(/C)N(c4cccc5c4oc4c(C)cccc45)C(C)/C=C\C=C/C)/C(=C(C(=C)SCl)/C=C\C2=C)C/3)c2ccccc2)=C1OC. The average Bonchev–Trinajstić information content (AvgIpc) is 3.61. The first-order valence-electron chi connectivity index (χ1n) is 22.8. The van der Waals surface area contributed by atoms with E-state index in [0.29, 0.717) is 6.42 Å². The van der Waals surface area contributed by atoms with Crippen LogP contribution in [0.15, 0.2) is 260 Å². The van der Waals surface area contributed by atoms with Gasteiger partial charge in [-0.3, -0.25) is 0 Å².